The maximum absolute atomic E-state index is 12.6. The first-order valence-electron chi connectivity index (χ1n) is 6.83. The first-order valence-corrected chi connectivity index (χ1v) is 6.83. The average molecular weight is 262 g/mol. The number of hydrogen-bond donors (Lipinski definition) is 2. The number of nitrogens with zero attached hydrogens (tertiary/aromatic N) is 2. The van der Waals surface area contributed by atoms with Gasteiger partial charge in [0.1, 0.15) is 0 Å². The molecule has 104 valence electrons. The third-order valence-electron chi connectivity index (χ3n) is 4.09. The highest BCUT2D eigenvalue weighted by Gasteiger charge is 2.29. The molecule has 0 bridgehead atoms. The fraction of sp³-hybridized carbons (Fsp3) is 0.571. The molecular weight excluding hydrogens is 240 g/mol. The minimum absolute atomic E-state index is 0.0141. The van der Waals surface area contributed by atoms with Gasteiger partial charge in [-0.1, -0.05) is 19.8 Å². The van der Waals surface area contributed by atoms with Crippen LogP contribution in [-0.4, -0.2) is 28.9 Å². The Labute approximate surface area is 114 Å². The quantitative estimate of drug-likeness (QED) is 0.646. The number of nitrogens with one attached hydrogen (secondary N) is 1. The highest BCUT2D eigenvalue weighted by atomic mass is 16.2. The Hall–Kier alpha value is -1.62. The monoisotopic (exact) mass is 262 g/mol. The van der Waals surface area contributed by atoms with Gasteiger partial charge in [-0.3, -0.25) is 15.6 Å². The van der Waals surface area contributed by atoms with Gasteiger partial charge in [0.05, 0.1) is 11.3 Å². The van der Waals surface area contributed by atoms with E-state index in [1.165, 1.54) is 19.3 Å². The molecule has 5 nitrogen and oxygen atoms in total. The molecule has 1 aliphatic carbocycles. The number of amides is 1. The van der Waals surface area contributed by atoms with E-state index >= 15 is 0 Å². The second kappa shape index (κ2) is 6.02. The number of carbonyl (C=O) groups excluding carboxylic acids is 1. The van der Waals surface area contributed by atoms with Crippen molar-refractivity contribution < 1.29 is 4.79 Å². The topological polar surface area (TPSA) is 71.2 Å². The molecule has 0 aromatic carbocycles. The highest BCUT2D eigenvalue weighted by Crippen LogP contribution is 2.28. The van der Waals surface area contributed by atoms with E-state index < -0.39 is 0 Å². The minimum Gasteiger partial charge on any atom is -0.338 e. The summed E-state index contributed by atoms with van der Waals surface area (Å²) < 4.78 is 0. The molecule has 1 heterocycles. The van der Waals surface area contributed by atoms with Crippen molar-refractivity contribution in [3.63, 3.8) is 0 Å². The van der Waals surface area contributed by atoms with E-state index in [1.807, 2.05) is 11.9 Å². The predicted molar refractivity (Wildman–Crippen MR) is 75.6 cm³/mol. The van der Waals surface area contributed by atoms with Crippen molar-refractivity contribution in [1.29, 1.82) is 0 Å². The standard InChI is InChI=1S/C14H22N4O/c1-10-5-3-4-6-13(10)18(2)14(19)11-9-16-8-7-12(11)17-15/h7-10,13H,3-6,15H2,1-2H3,(H,16,17). The van der Waals surface area contributed by atoms with Gasteiger partial charge >= 0.3 is 0 Å². The number of hydrazine groups is 1. The van der Waals surface area contributed by atoms with Crippen LogP contribution >= 0.6 is 0 Å². The van der Waals surface area contributed by atoms with Crippen LogP contribution in [0.15, 0.2) is 18.5 Å². The van der Waals surface area contributed by atoms with Crippen LogP contribution in [-0.2, 0) is 0 Å². The van der Waals surface area contributed by atoms with Crippen LogP contribution in [0.4, 0.5) is 5.69 Å². The molecule has 1 aliphatic rings. The van der Waals surface area contributed by atoms with E-state index in [4.69, 9.17) is 5.84 Å². The molecule has 1 fully saturated rings. The van der Waals surface area contributed by atoms with Crippen LogP contribution in [0.25, 0.3) is 0 Å². The molecule has 1 saturated carbocycles. The fourth-order valence-electron chi connectivity index (χ4n) is 2.90. The third-order valence-corrected chi connectivity index (χ3v) is 4.09. The lowest BCUT2D eigenvalue weighted by molar-refractivity contribution is 0.0629. The van der Waals surface area contributed by atoms with Crippen LogP contribution in [0.2, 0.25) is 0 Å². The summed E-state index contributed by atoms with van der Waals surface area (Å²) in [4.78, 5) is 18.4. The number of anilines is 1. The van der Waals surface area contributed by atoms with Gasteiger partial charge in [-0.05, 0) is 24.8 Å². The zero-order chi connectivity index (χ0) is 13.8. The largest absolute Gasteiger partial charge is 0.338 e. The molecule has 0 radical (unpaired) electrons. The Balaban J connectivity index is 2.18. The molecule has 0 spiro atoms. The molecule has 1 aromatic heterocycles. The molecule has 19 heavy (non-hydrogen) atoms. The summed E-state index contributed by atoms with van der Waals surface area (Å²) in [6, 6.07) is 2.03. The summed E-state index contributed by atoms with van der Waals surface area (Å²) in [5.41, 5.74) is 3.71. The molecule has 3 N–H and O–H groups in total. The molecule has 2 unspecified atom stereocenters. The maximum Gasteiger partial charge on any atom is 0.257 e. The Bertz CT molecular complexity index is 449. The zero-order valence-electron chi connectivity index (χ0n) is 11.6. The van der Waals surface area contributed by atoms with E-state index in [-0.39, 0.29) is 5.91 Å². The van der Waals surface area contributed by atoms with E-state index in [2.05, 4.69) is 17.3 Å². The molecule has 0 saturated heterocycles. The molecule has 1 aromatic rings. The number of pyridine rings is 1. The maximum atomic E-state index is 12.6. The van der Waals surface area contributed by atoms with Crippen molar-refractivity contribution in [3.8, 4) is 0 Å². The number of hydrogen-bond acceptors (Lipinski definition) is 4. The van der Waals surface area contributed by atoms with Gasteiger partial charge in [0.25, 0.3) is 5.91 Å². The van der Waals surface area contributed by atoms with E-state index in [0.29, 0.717) is 23.2 Å². The molecule has 1 amide bonds. The lowest BCUT2D eigenvalue weighted by Gasteiger charge is -2.36. The number of nitrogens with two attached hydrogens (primary N) is 1. The SMILES string of the molecule is CC1CCCCC1N(C)C(=O)c1cnccc1NN. The molecule has 5 heteroatoms. The van der Waals surface area contributed by atoms with Crippen LogP contribution < -0.4 is 11.3 Å². The van der Waals surface area contributed by atoms with Crippen molar-refractivity contribution in [2.75, 3.05) is 12.5 Å². The van der Waals surface area contributed by atoms with Crippen LogP contribution in [0, 0.1) is 5.92 Å². The van der Waals surface area contributed by atoms with Crippen molar-refractivity contribution in [3.05, 3.63) is 24.0 Å². The summed E-state index contributed by atoms with van der Waals surface area (Å²) in [6.45, 7) is 2.22. The molecule has 2 atom stereocenters. The van der Waals surface area contributed by atoms with Crippen LogP contribution in [0.5, 0.6) is 0 Å². The van der Waals surface area contributed by atoms with Crippen LogP contribution in [0.1, 0.15) is 43.0 Å². The van der Waals surface area contributed by atoms with Crippen molar-refractivity contribution in [2.24, 2.45) is 11.8 Å². The average Bonchev–Trinajstić information content (AvgIpc) is 2.46. The first kappa shape index (κ1) is 13.8. The number of nitrogen functional groups attached to an aromatic ring is 1. The summed E-state index contributed by atoms with van der Waals surface area (Å²) in [5, 5.41) is 0. The Morgan fingerprint density at radius 1 is 1.47 bits per heavy atom. The molecular formula is C14H22N4O. The van der Waals surface area contributed by atoms with Crippen molar-refractivity contribution in [2.45, 2.75) is 38.6 Å². The van der Waals surface area contributed by atoms with Gasteiger partial charge in [-0.15, -0.1) is 0 Å². The highest BCUT2D eigenvalue weighted by molar-refractivity contribution is 5.99. The summed E-state index contributed by atoms with van der Waals surface area (Å²) in [5.74, 6) is 5.98. The van der Waals surface area contributed by atoms with Gasteiger partial charge in [-0.2, -0.15) is 0 Å². The summed E-state index contributed by atoms with van der Waals surface area (Å²) in [6.07, 6.45) is 7.92. The van der Waals surface area contributed by atoms with E-state index in [0.717, 1.165) is 6.42 Å². The Morgan fingerprint density at radius 2 is 2.21 bits per heavy atom. The third kappa shape index (κ3) is 2.87. The Kier molecular flexibility index (Phi) is 4.37. The first-order chi connectivity index (χ1) is 9.15. The van der Waals surface area contributed by atoms with Gasteiger partial charge in [0.15, 0.2) is 0 Å². The van der Waals surface area contributed by atoms with E-state index in [1.54, 1.807) is 18.5 Å². The van der Waals surface area contributed by atoms with E-state index in [9.17, 15) is 4.79 Å². The smallest absolute Gasteiger partial charge is 0.257 e. The normalized spacial score (nSPS) is 22.9. The predicted octanol–water partition coefficient (Wildman–Crippen LogP) is 2.02. The number of rotatable bonds is 3. The summed E-state index contributed by atoms with van der Waals surface area (Å²) in [7, 11) is 1.88. The Morgan fingerprint density at radius 3 is 2.89 bits per heavy atom. The van der Waals surface area contributed by atoms with Crippen molar-refractivity contribution in [1.82, 2.24) is 9.88 Å². The lowest BCUT2D eigenvalue weighted by atomic mass is 9.85. The zero-order valence-corrected chi connectivity index (χ0v) is 11.6. The number of aromatic nitrogens is 1. The van der Waals surface area contributed by atoms with Gasteiger partial charge < -0.3 is 10.3 Å². The minimum atomic E-state index is -0.0141. The second-order valence-corrected chi connectivity index (χ2v) is 5.31. The number of carbonyl (C=O) groups is 1. The lowest BCUT2D eigenvalue weighted by Crippen LogP contribution is -2.43. The molecule has 2 rings (SSSR count). The summed E-state index contributed by atoms with van der Waals surface area (Å²) >= 11 is 0. The van der Waals surface area contributed by atoms with Gasteiger partial charge in [0.2, 0.25) is 0 Å². The van der Waals surface area contributed by atoms with Gasteiger partial charge in [-0.25, -0.2) is 0 Å². The van der Waals surface area contributed by atoms with Crippen LogP contribution in [0.3, 0.4) is 0 Å². The molecule has 0 aliphatic heterocycles. The van der Waals surface area contributed by atoms with Gasteiger partial charge in [0, 0.05) is 25.5 Å². The van der Waals surface area contributed by atoms with Crippen molar-refractivity contribution >= 4 is 11.6 Å². The fourth-order valence-corrected chi connectivity index (χ4v) is 2.90. The second-order valence-electron chi connectivity index (χ2n) is 5.31.